The SMILES string of the molecule is COc1ccccc1-c1noc(CCC(C)CN)n1. The van der Waals surface area contributed by atoms with Crippen molar-refractivity contribution in [3.63, 3.8) is 0 Å². The second-order valence-electron chi connectivity index (χ2n) is 4.59. The molecule has 1 unspecified atom stereocenters. The van der Waals surface area contributed by atoms with Crippen molar-refractivity contribution in [3.05, 3.63) is 30.2 Å². The monoisotopic (exact) mass is 261 g/mol. The second-order valence-corrected chi connectivity index (χ2v) is 4.59. The zero-order chi connectivity index (χ0) is 13.7. The fourth-order valence-electron chi connectivity index (χ4n) is 1.78. The molecule has 102 valence electrons. The summed E-state index contributed by atoms with van der Waals surface area (Å²) in [6.07, 6.45) is 1.70. The minimum absolute atomic E-state index is 0.460. The molecule has 1 aromatic heterocycles. The molecule has 0 saturated heterocycles. The highest BCUT2D eigenvalue weighted by molar-refractivity contribution is 5.63. The van der Waals surface area contributed by atoms with Crippen molar-refractivity contribution in [1.82, 2.24) is 10.1 Å². The zero-order valence-corrected chi connectivity index (χ0v) is 11.3. The zero-order valence-electron chi connectivity index (χ0n) is 11.3. The predicted octanol–water partition coefficient (Wildman–Crippen LogP) is 2.27. The molecular weight excluding hydrogens is 242 g/mol. The average Bonchev–Trinajstić information content (AvgIpc) is 2.93. The Morgan fingerprint density at radius 2 is 2.16 bits per heavy atom. The van der Waals surface area contributed by atoms with Crippen LogP contribution in [0.15, 0.2) is 28.8 Å². The molecule has 5 nitrogen and oxygen atoms in total. The Labute approximate surface area is 112 Å². The van der Waals surface area contributed by atoms with Crippen LogP contribution in [0.4, 0.5) is 0 Å². The van der Waals surface area contributed by atoms with Crippen molar-refractivity contribution < 1.29 is 9.26 Å². The summed E-state index contributed by atoms with van der Waals surface area (Å²) < 4.78 is 10.5. The van der Waals surface area contributed by atoms with E-state index in [0.717, 1.165) is 24.2 Å². The third kappa shape index (κ3) is 3.32. The van der Waals surface area contributed by atoms with Gasteiger partial charge in [0.05, 0.1) is 12.7 Å². The van der Waals surface area contributed by atoms with E-state index in [0.29, 0.717) is 24.2 Å². The van der Waals surface area contributed by atoms with Gasteiger partial charge in [-0.1, -0.05) is 24.2 Å². The highest BCUT2D eigenvalue weighted by Gasteiger charge is 2.13. The molecule has 0 spiro atoms. The van der Waals surface area contributed by atoms with Gasteiger partial charge < -0.3 is 15.0 Å². The summed E-state index contributed by atoms with van der Waals surface area (Å²) in [4.78, 5) is 4.40. The fourth-order valence-corrected chi connectivity index (χ4v) is 1.78. The Balaban J connectivity index is 2.12. The van der Waals surface area contributed by atoms with Gasteiger partial charge in [0.1, 0.15) is 5.75 Å². The second kappa shape index (κ2) is 6.33. The largest absolute Gasteiger partial charge is 0.496 e. The van der Waals surface area contributed by atoms with E-state index in [2.05, 4.69) is 17.1 Å². The van der Waals surface area contributed by atoms with E-state index < -0.39 is 0 Å². The molecule has 19 heavy (non-hydrogen) atoms. The van der Waals surface area contributed by atoms with Crippen LogP contribution >= 0.6 is 0 Å². The maximum atomic E-state index is 5.59. The third-order valence-corrected chi connectivity index (χ3v) is 3.07. The molecule has 0 aliphatic carbocycles. The van der Waals surface area contributed by atoms with Gasteiger partial charge in [-0.05, 0) is 31.0 Å². The molecular formula is C14H19N3O2. The number of nitrogens with zero attached hydrogens (tertiary/aromatic N) is 2. The summed E-state index contributed by atoms with van der Waals surface area (Å²) in [5, 5.41) is 4.00. The summed E-state index contributed by atoms with van der Waals surface area (Å²) >= 11 is 0. The van der Waals surface area contributed by atoms with Crippen molar-refractivity contribution in [2.45, 2.75) is 19.8 Å². The Morgan fingerprint density at radius 1 is 1.37 bits per heavy atom. The molecule has 0 saturated carbocycles. The quantitative estimate of drug-likeness (QED) is 0.863. The van der Waals surface area contributed by atoms with Crippen molar-refractivity contribution in [2.24, 2.45) is 11.7 Å². The van der Waals surface area contributed by atoms with Gasteiger partial charge in [-0.3, -0.25) is 0 Å². The molecule has 1 heterocycles. The summed E-state index contributed by atoms with van der Waals surface area (Å²) in [7, 11) is 1.63. The molecule has 0 aliphatic heterocycles. The normalized spacial score (nSPS) is 12.4. The Hall–Kier alpha value is -1.88. The van der Waals surface area contributed by atoms with Crippen LogP contribution in [-0.2, 0) is 6.42 Å². The van der Waals surface area contributed by atoms with Crippen LogP contribution in [0.2, 0.25) is 0 Å². The van der Waals surface area contributed by atoms with Crippen LogP contribution in [0, 0.1) is 5.92 Å². The van der Waals surface area contributed by atoms with Crippen molar-refractivity contribution in [1.29, 1.82) is 0 Å². The Bertz CT molecular complexity index is 525. The molecule has 2 aromatic rings. The molecule has 1 aromatic carbocycles. The van der Waals surface area contributed by atoms with E-state index in [4.69, 9.17) is 15.0 Å². The molecule has 0 radical (unpaired) electrons. The lowest BCUT2D eigenvalue weighted by Crippen LogP contribution is -2.11. The topological polar surface area (TPSA) is 74.2 Å². The van der Waals surface area contributed by atoms with Crippen LogP contribution in [0.5, 0.6) is 5.75 Å². The standard InChI is InChI=1S/C14H19N3O2/c1-10(9-15)7-8-13-16-14(17-19-13)11-5-3-4-6-12(11)18-2/h3-6,10H,7-9,15H2,1-2H3. The summed E-state index contributed by atoms with van der Waals surface area (Å²) in [6, 6.07) is 7.62. The first kappa shape index (κ1) is 13.5. The van der Waals surface area contributed by atoms with Gasteiger partial charge in [-0.2, -0.15) is 4.98 Å². The summed E-state index contributed by atoms with van der Waals surface area (Å²) in [6.45, 7) is 2.78. The number of rotatable bonds is 6. The van der Waals surface area contributed by atoms with Crippen LogP contribution in [0.25, 0.3) is 11.4 Å². The van der Waals surface area contributed by atoms with Gasteiger partial charge in [-0.25, -0.2) is 0 Å². The number of para-hydroxylation sites is 1. The van der Waals surface area contributed by atoms with E-state index in [1.807, 2.05) is 24.3 Å². The van der Waals surface area contributed by atoms with Crippen LogP contribution in [0.1, 0.15) is 19.2 Å². The Kier molecular flexibility index (Phi) is 4.52. The van der Waals surface area contributed by atoms with Gasteiger partial charge in [0.25, 0.3) is 0 Å². The average molecular weight is 261 g/mol. The van der Waals surface area contributed by atoms with E-state index in [1.54, 1.807) is 7.11 Å². The number of benzene rings is 1. The van der Waals surface area contributed by atoms with Gasteiger partial charge >= 0.3 is 0 Å². The van der Waals surface area contributed by atoms with Gasteiger partial charge in [0.2, 0.25) is 11.7 Å². The van der Waals surface area contributed by atoms with E-state index in [9.17, 15) is 0 Å². The molecule has 0 fully saturated rings. The van der Waals surface area contributed by atoms with Crippen LogP contribution < -0.4 is 10.5 Å². The van der Waals surface area contributed by atoms with Crippen LogP contribution in [0.3, 0.4) is 0 Å². The Morgan fingerprint density at radius 3 is 2.89 bits per heavy atom. The highest BCUT2D eigenvalue weighted by atomic mass is 16.5. The lowest BCUT2D eigenvalue weighted by atomic mass is 10.1. The smallest absolute Gasteiger partial charge is 0.226 e. The summed E-state index contributed by atoms with van der Waals surface area (Å²) in [5.41, 5.74) is 6.43. The molecule has 1 atom stereocenters. The molecule has 0 bridgehead atoms. The number of hydrogen-bond donors (Lipinski definition) is 1. The number of aromatic nitrogens is 2. The van der Waals surface area contributed by atoms with Gasteiger partial charge in [0.15, 0.2) is 0 Å². The molecule has 5 heteroatoms. The highest BCUT2D eigenvalue weighted by Crippen LogP contribution is 2.27. The molecule has 2 N–H and O–H groups in total. The summed E-state index contributed by atoms with van der Waals surface area (Å²) in [5.74, 6) is 2.40. The number of hydrogen-bond acceptors (Lipinski definition) is 5. The first-order chi connectivity index (χ1) is 9.24. The number of aryl methyl sites for hydroxylation is 1. The molecule has 0 aliphatic rings. The van der Waals surface area contributed by atoms with E-state index >= 15 is 0 Å². The predicted molar refractivity (Wildman–Crippen MR) is 72.8 cm³/mol. The van der Waals surface area contributed by atoms with Crippen molar-refractivity contribution in [3.8, 4) is 17.1 Å². The fraction of sp³-hybridized carbons (Fsp3) is 0.429. The van der Waals surface area contributed by atoms with Crippen molar-refractivity contribution in [2.75, 3.05) is 13.7 Å². The maximum absolute atomic E-state index is 5.59. The third-order valence-electron chi connectivity index (χ3n) is 3.07. The number of ether oxygens (including phenoxy) is 1. The van der Waals surface area contributed by atoms with E-state index in [-0.39, 0.29) is 0 Å². The molecule has 2 rings (SSSR count). The van der Waals surface area contributed by atoms with E-state index in [1.165, 1.54) is 0 Å². The van der Waals surface area contributed by atoms with Gasteiger partial charge in [-0.15, -0.1) is 0 Å². The maximum Gasteiger partial charge on any atom is 0.226 e. The first-order valence-electron chi connectivity index (χ1n) is 6.40. The first-order valence-corrected chi connectivity index (χ1v) is 6.40. The van der Waals surface area contributed by atoms with Gasteiger partial charge in [0, 0.05) is 6.42 Å². The minimum Gasteiger partial charge on any atom is -0.496 e. The molecule has 0 amide bonds. The van der Waals surface area contributed by atoms with Crippen LogP contribution in [-0.4, -0.2) is 23.8 Å². The minimum atomic E-state index is 0.460. The number of methoxy groups -OCH3 is 1. The van der Waals surface area contributed by atoms with Crippen molar-refractivity contribution >= 4 is 0 Å². The lowest BCUT2D eigenvalue weighted by Gasteiger charge is -2.04. The number of nitrogens with two attached hydrogens (primary N) is 1. The lowest BCUT2D eigenvalue weighted by molar-refractivity contribution is 0.365.